The molecule has 90 valence electrons. The maximum absolute atomic E-state index is 5.75. The van der Waals surface area contributed by atoms with Crippen molar-refractivity contribution in [1.29, 1.82) is 0 Å². The number of morpholine rings is 1. The number of likely N-dealkylation sites (N-methyl/N-ethyl adjacent to an activating group) is 1. The Morgan fingerprint density at radius 1 is 1.53 bits per heavy atom. The van der Waals surface area contributed by atoms with Gasteiger partial charge >= 0.3 is 0 Å². The van der Waals surface area contributed by atoms with E-state index in [4.69, 9.17) is 9.57 Å². The second-order valence-corrected chi connectivity index (χ2v) is 3.97. The number of rotatable bonds is 6. The molecule has 4 nitrogen and oxygen atoms in total. The smallest absolute Gasteiger partial charge is 0.0877 e. The molecule has 0 aromatic rings. The molecule has 1 aliphatic rings. The maximum atomic E-state index is 5.75. The number of hydrogen-bond donors (Lipinski definition) is 1. The van der Waals surface area contributed by atoms with Crippen LogP contribution in [0, 0.1) is 0 Å². The Bertz CT molecular complexity index is 161. The third kappa shape index (κ3) is 4.07. The zero-order valence-corrected chi connectivity index (χ0v) is 10.2. The highest BCUT2D eigenvalue weighted by molar-refractivity contribution is 4.78. The summed E-state index contributed by atoms with van der Waals surface area (Å²) >= 11 is 0. The summed E-state index contributed by atoms with van der Waals surface area (Å²) in [5.74, 6) is 0. The topological polar surface area (TPSA) is 33.7 Å². The second-order valence-electron chi connectivity index (χ2n) is 3.97. The van der Waals surface area contributed by atoms with Crippen LogP contribution in [0.2, 0.25) is 0 Å². The van der Waals surface area contributed by atoms with E-state index in [-0.39, 0.29) is 6.10 Å². The van der Waals surface area contributed by atoms with Crippen LogP contribution in [0.3, 0.4) is 0 Å². The summed E-state index contributed by atoms with van der Waals surface area (Å²) in [7, 11) is 2.00. The van der Waals surface area contributed by atoms with E-state index >= 15 is 0 Å². The molecular weight excluding hydrogens is 192 g/mol. The van der Waals surface area contributed by atoms with Crippen molar-refractivity contribution < 1.29 is 9.57 Å². The summed E-state index contributed by atoms with van der Waals surface area (Å²) in [5.41, 5.74) is 0. The van der Waals surface area contributed by atoms with Crippen LogP contribution in [0.5, 0.6) is 0 Å². The van der Waals surface area contributed by atoms with Crippen LogP contribution in [0.4, 0.5) is 0 Å². The van der Waals surface area contributed by atoms with Gasteiger partial charge in [-0.05, 0) is 12.8 Å². The van der Waals surface area contributed by atoms with E-state index in [2.05, 4.69) is 19.2 Å². The molecule has 0 bridgehead atoms. The van der Waals surface area contributed by atoms with Gasteiger partial charge in [0.1, 0.15) is 0 Å². The number of nitrogens with one attached hydrogen (secondary N) is 1. The molecule has 15 heavy (non-hydrogen) atoms. The molecule has 1 N–H and O–H groups in total. The van der Waals surface area contributed by atoms with Gasteiger partial charge in [-0.25, -0.2) is 0 Å². The minimum atomic E-state index is 0.255. The van der Waals surface area contributed by atoms with Gasteiger partial charge in [-0.1, -0.05) is 13.8 Å². The van der Waals surface area contributed by atoms with E-state index < -0.39 is 0 Å². The standard InChI is InChI=1S/C11H24N2O2/c1-4-7-15-13(3)10(5-2)11-9-12-6-8-14-11/h10-12H,4-9H2,1-3H3. The van der Waals surface area contributed by atoms with Crippen molar-refractivity contribution in [3.63, 3.8) is 0 Å². The monoisotopic (exact) mass is 216 g/mol. The van der Waals surface area contributed by atoms with Gasteiger partial charge in [0.2, 0.25) is 0 Å². The van der Waals surface area contributed by atoms with Crippen molar-refractivity contribution in [1.82, 2.24) is 10.4 Å². The first-order valence-electron chi connectivity index (χ1n) is 5.97. The van der Waals surface area contributed by atoms with Crippen LogP contribution >= 0.6 is 0 Å². The minimum Gasteiger partial charge on any atom is -0.374 e. The molecule has 4 heteroatoms. The number of hydrogen-bond acceptors (Lipinski definition) is 4. The first kappa shape index (κ1) is 12.9. The van der Waals surface area contributed by atoms with Crippen molar-refractivity contribution in [3.8, 4) is 0 Å². The minimum absolute atomic E-state index is 0.255. The van der Waals surface area contributed by atoms with Crippen molar-refractivity contribution in [3.05, 3.63) is 0 Å². The van der Waals surface area contributed by atoms with Gasteiger partial charge in [-0.15, -0.1) is 0 Å². The predicted octanol–water partition coefficient (Wildman–Crippen LogP) is 1.03. The summed E-state index contributed by atoms with van der Waals surface area (Å²) in [6, 6.07) is 0.351. The van der Waals surface area contributed by atoms with Crippen LogP contribution in [0.25, 0.3) is 0 Å². The fraction of sp³-hybridized carbons (Fsp3) is 1.00. The van der Waals surface area contributed by atoms with Gasteiger partial charge < -0.3 is 10.1 Å². The zero-order valence-electron chi connectivity index (χ0n) is 10.2. The molecular formula is C11H24N2O2. The summed E-state index contributed by atoms with van der Waals surface area (Å²) in [4.78, 5) is 5.62. The summed E-state index contributed by atoms with van der Waals surface area (Å²) < 4.78 is 5.75. The molecule has 0 aromatic carbocycles. The Hall–Kier alpha value is -0.160. The Morgan fingerprint density at radius 2 is 2.33 bits per heavy atom. The van der Waals surface area contributed by atoms with Crippen LogP contribution in [-0.2, 0) is 9.57 Å². The fourth-order valence-corrected chi connectivity index (χ4v) is 1.92. The van der Waals surface area contributed by atoms with Crippen LogP contribution in [0.15, 0.2) is 0 Å². The summed E-state index contributed by atoms with van der Waals surface area (Å²) in [6.45, 7) is 7.78. The second kappa shape index (κ2) is 7.17. The Morgan fingerprint density at radius 3 is 2.87 bits per heavy atom. The molecule has 0 aliphatic carbocycles. The van der Waals surface area contributed by atoms with Gasteiger partial charge in [0, 0.05) is 20.1 Å². The van der Waals surface area contributed by atoms with Crippen molar-refractivity contribution >= 4 is 0 Å². The SMILES string of the molecule is CCCON(C)C(CC)C1CNCCO1. The van der Waals surface area contributed by atoms with Crippen LogP contribution in [-0.4, -0.2) is 50.6 Å². The van der Waals surface area contributed by atoms with E-state index in [1.54, 1.807) is 0 Å². The highest BCUT2D eigenvalue weighted by atomic mass is 16.7. The quantitative estimate of drug-likeness (QED) is 0.672. The Labute approximate surface area is 92.9 Å². The third-order valence-corrected chi connectivity index (χ3v) is 2.77. The normalized spacial score (nSPS) is 24.4. The lowest BCUT2D eigenvalue weighted by Crippen LogP contribution is -2.51. The first-order chi connectivity index (χ1) is 7.29. The average Bonchev–Trinajstić information content (AvgIpc) is 2.29. The first-order valence-corrected chi connectivity index (χ1v) is 5.97. The molecule has 1 rings (SSSR count). The predicted molar refractivity (Wildman–Crippen MR) is 60.7 cm³/mol. The molecule has 0 amide bonds. The molecule has 0 spiro atoms. The van der Waals surface area contributed by atoms with Gasteiger partial charge in [-0.2, -0.15) is 5.06 Å². The van der Waals surface area contributed by atoms with E-state index in [1.165, 1.54) is 0 Å². The number of hydroxylamine groups is 2. The molecule has 1 saturated heterocycles. The molecule has 2 unspecified atom stereocenters. The Kier molecular flexibility index (Phi) is 6.17. The average molecular weight is 216 g/mol. The van der Waals surface area contributed by atoms with Gasteiger partial charge in [-0.3, -0.25) is 4.84 Å². The highest BCUT2D eigenvalue weighted by Crippen LogP contribution is 2.12. The van der Waals surface area contributed by atoms with Crippen molar-refractivity contribution in [2.75, 3.05) is 33.4 Å². The maximum Gasteiger partial charge on any atom is 0.0877 e. The molecule has 0 aromatic heterocycles. The highest BCUT2D eigenvalue weighted by Gasteiger charge is 2.26. The third-order valence-electron chi connectivity index (χ3n) is 2.77. The number of nitrogens with zero attached hydrogens (tertiary/aromatic N) is 1. The van der Waals surface area contributed by atoms with E-state index in [0.717, 1.165) is 39.1 Å². The lowest BCUT2D eigenvalue weighted by molar-refractivity contribution is -0.197. The van der Waals surface area contributed by atoms with Crippen molar-refractivity contribution in [2.45, 2.75) is 38.8 Å². The Balaban J connectivity index is 2.37. The lowest BCUT2D eigenvalue weighted by atomic mass is 10.1. The van der Waals surface area contributed by atoms with Crippen LogP contribution in [0.1, 0.15) is 26.7 Å². The summed E-state index contributed by atoms with van der Waals surface area (Å²) in [5, 5.41) is 5.31. The van der Waals surface area contributed by atoms with E-state index in [1.807, 2.05) is 12.1 Å². The molecule has 2 atom stereocenters. The molecule has 1 fully saturated rings. The van der Waals surface area contributed by atoms with Crippen LogP contribution < -0.4 is 5.32 Å². The van der Waals surface area contributed by atoms with E-state index in [0.29, 0.717) is 6.04 Å². The van der Waals surface area contributed by atoms with Gasteiger partial charge in [0.15, 0.2) is 0 Å². The number of ether oxygens (including phenoxy) is 1. The van der Waals surface area contributed by atoms with Crippen molar-refractivity contribution in [2.24, 2.45) is 0 Å². The van der Waals surface area contributed by atoms with Gasteiger partial charge in [0.25, 0.3) is 0 Å². The fourth-order valence-electron chi connectivity index (χ4n) is 1.92. The summed E-state index contributed by atoms with van der Waals surface area (Å²) in [6.07, 6.45) is 2.35. The molecule has 0 radical (unpaired) electrons. The molecule has 1 aliphatic heterocycles. The largest absolute Gasteiger partial charge is 0.374 e. The van der Waals surface area contributed by atoms with E-state index in [9.17, 15) is 0 Å². The molecule has 0 saturated carbocycles. The van der Waals surface area contributed by atoms with Gasteiger partial charge in [0.05, 0.1) is 25.4 Å². The zero-order chi connectivity index (χ0) is 11.1. The lowest BCUT2D eigenvalue weighted by Gasteiger charge is -2.35. The molecule has 1 heterocycles.